The lowest BCUT2D eigenvalue weighted by Gasteiger charge is -2.53. The van der Waals surface area contributed by atoms with Crippen LogP contribution in [0.15, 0.2) is 182 Å². The number of carboxylic acids is 1. The smallest absolute Gasteiger partial charge is 0.339 e. The second-order valence-corrected chi connectivity index (χ2v) is 29.5. The third kappa shape index (κ3) is 13.0. The van der Waals surface area contributed by atoms with E-state index in [2.05, 4.69) is 61.3 Å². The maximum Gasteiger partial charge on any atom is 0.339 e. The number of thiophene rings is 2. The van der Waals surface area contributed by atoms with Gasteiger partial charge < -0.3 is 55.2 Å². The molecule has 6 N–H and O–H groups in total. The van der Waals surface area contributed by atoms with E-state index < -0.39 is 5.97 Å². The van der Waals surface area contributed by atoms with Crippen LogP contribution in [0.5, 0.6) is 0 Å². The number of hydrogen-bond donors (Lipinski definition) is 5. The van der Waals surface area contributed by atoms with Crippen molar-refractivity contribution in [3.05, 3.63) is 227 Å². The van der Waals surface area contributed by atoms with Crippen molar-refractivity contribution in [1.82, 2.24) is 29.9 Å². The Kier molecular flexibility index (Phi) is 17.8. The number of carbonyl (C=O) groups excluding carboxylic acids is 3. The van der Waals surface area contributed by atoms with E-state index in [0.717, 1.165) is 185 Å². The summed E-state index contributed by atoms with van der Waals surface area (Å²) >= 11 is 3.43. The minimum Gasteiger partial charge on any atom is -0.478 e. The number of aryl methyl sites for hydroxylation is 2. The number of H-pyrrole nitrogens is 2. The van der Waals surface area contributed by atoms with E-state index in [9.17, 15) is 24.3 Å². The molecule has 0 atom stereocenters. The van der Waals surface area contributed by atoms with Crippen molar-refractivity contribution in [3.8, 4) is 42.3 Å². The zero-order chi connectivity index (χ0) is 69.6. The number of fused-ring (bicyclic) bond motifs is 8. The molecular formula is C81H76N12O7S2. The van der Waals surface area contributed by atoms with Crippen molar-refractivity contribution in [3.63, 3.8) is 0 Å². The third-order valence-electron chi connectivity index (χ3n) is 20.6. The number of nitrogens with two attached hydrogens (primary N) is 1. The second kappa shape index (κ2) is 27.6. The average molecular weight is 1390 g/mol. The number of pyridine rings is 2. The number of carboxylic acid groups (broad SMARTS) is 1. The van der Waals surface area contributed by atoms with Gasteiger partial charge in [0, 0.05) is 132 Å². The molecule has 0 unspecified atom stereocenters. The molecule has 18 rings (SSSR count). The molecule has 102 heavy (non-hydrogen) atoms. The van der Waals surface area contributed by atoms with Crippen LogP contribution < -0.4 is 30.7 Å². The molecule has 12 aromatic rings. The number of hydrogen-bond acceptors (Lipinski definition) is 15. The van der Waals surface area contributed by atoms with Gasteiger partial charge in [-0.05, 0) is 183 Å². The summed E-state index contributed by atoms with van der Waals surface area (Å²) in [5.74, 6) is 1.90. The first kappa shape index (κ1) is 65.8. The Morgan fingerprint density at radius 2 is 1.03 bits per heavy atom. The highest BCUT2D eigenvalue weighted by atomic mass is 32.1. The summed E-state index contributed by atoms with van der Waals surface area (Å²) < 4.78 is 11.0. The third-order valence-corrected chi connectivity index (χ3v) is 23.0. The SMILES string of the molecule is CCc1cnc(N2CC3(CCOCC3)C2)c(C(=O)Nc2ccc(C(=O)N3CCc4cc(-c5nc6ccccc6[nH]5)sc4-c4ccccc43)cc2)c1.Cc1cnc(N2CC3(CCOCC3)C2)c(C(=O)O)c1.Nc1ccc(C(=O)N2CCc3cc(-c4nc5ccccc5[nH]4)sc3-c3ccccc32)cc1. The number of para-hydroxylation sites is 6. The highest BCUT2D eigenvalue weighted by Gasteiger charge is 2.47. The topological polar surface area (TPSA) is 241 Å². The van der Waals surface area contributed by atoms with Crippen molar-refractivity contribution in [2.24, 2.45) is 10.8 Å². The predicted octanol–water partition coefficient (Wildman–Crippen LogP) is 15.4. The average Bonchev–Trinajstić information content (AvgIpc) is 1.30. The van der Waals surface area contributed by atoms with Gasteiger partial charge in [0.25, 0.3) is 17.7 Å². The highest BCUT2D eigenvalue weighted by Crippen LogP contribution is 2.48. The van der Waals surface area contributed by atoms with Crippen LogP contribution in [0.2, 0.25) is 0 Å². The summed E-state index contributed by atoms with van der Waals surface area (Å²) in [6.07, 6.45) is 10.1. The number of rotatable bonds is 10. The zero-order valence-corrected chi connectivity index (χ0v) is 58.3. The highest BCUT2D eigenvalue weighted by molar-refractivity contribution is 7.19. The summed E-state index contributed by atoms with van der Waals surface area (Å²) in [6.45, 7) is 11.9. The molecule has 2 spiro atoms. The maximum absolute atomic E-state index is 14.1. The molecule has 6 aromatic carbocycles. The fraction of sp³-hybridized carbons (Fsp3) is 0.259. The fourth-order valence-corrected chi connectivity index (χ4v) is 17.3. The molecule has 21 heteroatoms. The quantitative estimate of drug-likeness (QED) is 0.0801. The molecule has 6 aliphatic rings. The van der Waals surface area contributed by atoms with Crippen molar-refractivity contribution in [2.75, 3.05) is 96.3 Å². The number of amides is 3. The number of imidazole rings is 2. The Morgan fingerprint density at radius 3 is 1.52 bits per heavy atom. The molecule has 0 bridgehead atoms. The first-order valence-corrected chi connectivity index (χ1v) is 36.5. The monoisotopic (exact) mass is 1390 g/mol. The molecule has 3 amide bonds. The number of aromatic carboxylic acids is 1. The number of nitrogens with one attached hydrogen (secondary N) is 3. The van der Waals surface area contributed by atoms with Gasteiger partial charge >= 0.3 is 5.97 Å². The van der Waals surface area contributed by atoms with Crippen molar-refractivity contribution in [2.45, 2.75) is 58.8 Å². The van der Waals surface area contributed by atoms with E-state index in [-0.39, 0.29) is 23.1 Å². The largest absolute Gasteiger partial charge is 0.478 e. The lowest BCUT2D eigenvalue weighted by Crippen LogP contribution is -2.59. The molecule has 0 saturated carbocycles. The summed E-state index contributed by atoms with van der Waals surface area (Å²) in [7, 11) is 0. The summed E-state index contributed by atoms with van der Waals surface area (Å²) in [5, 5.41) is 12.3. The van der Waals surface area contributed by atoms with Gasteiger partial charge in [-0.2, -0.15) is 0 Å². The number of nitrogen functional groups attached to an aromatic ring is 1. The normalized spacial score (nSPS) is 16.2. The van der Waals surface area contributed by atoms with Crippen LogP contribution in [0.4, 0.5) is 34.4 Å². The fourth-order valence-electron chi connectivity index (χ4n) is 15.0. The molecule has 19 nitrogen and oxygen atoms in total. The summed E-state index contributed by atoms with van der Waals surface area (Å²) in [6, 6.07) is 54.8. The van der Waals surface area contributed by atoms with Gasteiger partial charge in [-0.3, -0.25) is 14.4 Å². The number of ether oxygens (including phenoxy) is 2. The van der Waals surface area contributed by atoms with Crippen LogP contribution in [0.3, 0.4) is 0 Å². The number of carbonyl (C=O) groups is 4. The number of nitrogens with zero attached hydrogens (tertiary/aromatic N) is 8. The van der Waals surface area contributed by atoms with Gasteiger partial charge in [0.15, 0.2) is 0 Å². The Morgan fingerprint density at radius 1 is 0.569 bits per heavy atom. The maximum atomic E-state index is 14.1. The molecule has 0 aliphatic carbocycles. The molecular weight excluding hydrogens is 1320 g/mol. The molecule has 4 fully saturated rings. The summed E-state index contributed by atoms with van der Waals surface area (Å²) in [4.78, 5) is 90.7. The Bertz CT molecular complexity index is 5100. The van der Waals surface area contributed by atoms with Crippen LogP contribution in [0, 0.1) is 17.8 Å². The van der Waals surface area contributed by atoms with E-state index in [0.29, 0.717) is 58.0 Å². The van der Waals surface area contributed by atoms with Gasteiger partial charge in [0.1, 0.15) is 28.8 Å². The van der Waals surface area contributed by atoms with E-state index >= 15 is 0 Å². The van der Waals surface area contributed by atoms with Gasteiger partial charge in [-0.25, -0.2) is 24.7 Å². The van der Waals surface area contributed by atoms with Gasteiger partial charge in [-0.15, -0.1) is 22.7 Å². The van der Waals surface area contributed by atoms with Gasteiger partial charge in [0.05, 0.1) is 48.8 Å². The van der Waals surface area contributed by atoms with E-state index in [1.54, 1.807) is 71.3 Å². The van der Waals surface area contributed by atoms with E-state index in [1.165, 1.54) is 16.0 Å². The Labute approximate surface area is 598 Å². The molecule has 6 aliphatic heterocycles. The lowest BCUT2D eigenvalue weighted by molar-refractivity contribution is -0.000677. The predicted molar refractivity (Wildman–Crippen MR) is 405 cm³/mol. The van der Waals surface area contributed by atoms with Crippen molar-refractivity contribution < 1.29 is 33.8 Å². The van der Waals surface area contributed by atoms with Gasteiger partial charge in [0.2, 0.25) is 0 Å². The number of aromatic nitrogens is 6. The first-order chi connectivity index (χ1) is 49.7. The van der Waals surface area contributed by atoms with Crippen molar-refractivity contribution >= 4 is 103 Å². The van der Waals surface area contributed by atoms with E-state index in [4.69, 9.17) is 30.2 Å². The Balaban J connectivity index is 0.000000133. The number of aromatic amines is 2. The van der Waals surface area contributed by atoms with Crippen LogP contribution in [0.1, 0.15) is 96.3 Å². The second-order valence-electron chi connectivity index (χ2n) is 27.4. The van der Waals surface area contributed by atoms with Crippen LogP contribution >= 0.6 is 22.7 Å². The van der Waals surface area contributed by atoms with Crippen LogP contribution in [-0.4, -0.2) is 124 Å². The van der Waals surface area contributed by atoms with Gasteiger partial charge in [-0.1, -0.05) is 67.6 Å². The minimum atomic E-state index is -0.904. The number of benzene rings is 6. The Hall–Kier alpha value is -10.8. The summed E-state index contributed by atoms with van der Waals surface area (Å²) in [5.41, 5.74) is 22.0. The first-order valence-electron chi connectivity index (χ1n) is 34.8. The molecule has 0 radical (unpaired) electrons. The molecule has 12 heterocycles. The lowest BCUT2D eigenvalue weighted by atomic mass is 9.73. The van der Waals surface area contributed by atoms with Crippen LogP contribution in [0.25, 0.3) is 64.4 Å². The van der Waals surface area contributed by atoms with Crippen LogP contribution in [-0.2, 0) is 28.7 Å². The standard InChI is InChI=1S/C41H38N6O3S.C26H20N4OS.C14H18N2O3/c1-2-26-21-31(38(42-23-26)46-24-41(25-46)16-19-50-20-17-41)39(48)43-29-13-11-27(12-14-29)40(49)47-18-15-28-22-35(37-44-32-8-4-5-9-33(32)45-37)51-36(28)30-7-3-6-10-34(30)47;27-18-11-9-16(10-12-18)26(31)30-14-13-17-15-23(25-28-20-6-2-3-7-21(20)29-25)32-24(17)19-5-1-4-8-22(19)30;1-10-6-11(13(17)18)12(15-7-10)16-8-14(9-16)2-4-19-5-3-14/h3-14,21-23H,2,15-20,24-25H2,1H3,(H,43,48)(H,44,45);1-12,15H,13-14,27H2,(H,28,29);6-7H,2-5,8-9H2,1H3,(H,17,18). The molecule has 4 saturated heterocycles. The number of anilines is 6. The van der Waals surface area contributed by atoms with Crippen molar-refractivity contribution in [1.29, 1.82) is 0 Å². The minimum absolute atomic E-state index is 0.00916. The molecule has 6 aromatic heterocycles. The molecule has 514 valence electrons. The van der Waals surface area contributed by atoms with E-state index in [1.807, 2.05) is 126 Å². The zero-order valence-electron chi connectivity index (χ0n) is 56.7.